The number of guanidine groups is 1. The molecule has 1 aromatic carbocycles. The Morgan fingerprint density at radius 1 is 1.16 bits per heavy atom. The minimum absolute atomic E-state index is 0.160. The fraction of sp³-hybridized carbons (Fsp3) is 0.667. The maximum absolute atomic E-state index is 12.4. The summed E-state index contributed by atoms with van der Waals surface area (Å²) in [5, 5.41) is 14.7. The number of amides is 1. The van der Waals surface area contributed by atoms with Crippen LogP contribution >= 0.6 is 0 Å². The zero-order chi connectivity index (χ0) is 22.8. The number of rotatable bonds is 12. The van der Waals surface area contributed by atoms with E-state index >= 15 is 0 Å². The molecular formula is C24H38N4O4. The van der Waals surface area contributed by atoms with Crippen LogP contribution in [0.25, 0.3) is 0 Å². The van der Waals surface area contributed by atoms with E-state index in [0.717, 1.165) is 57.9 Å². The number of ether oxygens (including phenoxy) is 3. The molecule has 1 unspecified atom stereocenters. The van der Waals surface area contributed by atoms with E-state index in [1.165, 1.54) is 0 Å². The molecular weight excluding hydrogens is 408 g/mol. The van der Waals surface area contributed by atoms with Gasteiger partial charge in [-0.25, -0.2) is 0 Å². The van der Waals surface area contributed by atoms with Crippen molar-refractivity contribution in [3.05, 3.63) is 24.3 Å². The molecule has 3 N–H and O–H groups in total. The number of hydrogen-bond donors (Lipinski definition) is 3. The number of carbonyl (C=O) groups excluding carboxylic acids is 1. The van der Waals surface area contributed by atoms with Crippen molar-refractivity contribution in [3.63, 3.8) is 0 Å². The van der Waals surface area contributed by atoms with Gasteiger partial charge in [0.2, 0.25) is 6.10 Å². The van der Waals surface area contributed by atoms with Gasteiger partial charge < -0.3 is 29.7 Å². The van der Waals surface area contributed by atoms with Crippen LogP contribution in [0.4, 0.5) is 0 Å². The Kier molecular flexibility index (Phi) is 9.02. The molecule has 1 amide bonds. The number of nitrogens with one attached hydrogen (secondary N) is 3. The third-order valence-corrected chi connectivity index (χ3v) is 5.98. The third kappa shape index (κ3) is 6.51. The van der Waals surface area contributed by atoms with Gasteiger partial charge in [-0.3, -0.25) is 10.2 Å². The molecule has 0 bridgehead atoms. The predicted octanol–water partition coefficient (Wildman–Crippen LogP) is 3.61. The van der Waals surface area contributed by atoms with Crippen LogP contribution < -0.4 is 20.1 Å². The highest BCUT2D eigenvalue weighted by molar-refractivity contribution is 5.81. The monoisotopic (exact) mass is 446 g/mol. The summed E-state index contributed by atoms with van der Waals surface area (Å²) in [5.74, 6) is 1.56. The fourth-order valence-corrected chi connectivity index (χ4v) is 3.99. The molecule has 3 rings (SSSR count). The summed E-state index contributed by atoms with van der Waals surface area (Å²) in [4.78, 5) is 14.3. The molecule has 2 aliphatic rings. The van der Waals surface area contributed by atoms with Crippen molar-refractivity contribution >= 4 is 11.9 Å². The molecule has 32 heavy (non-hydrogen) atoms. The van der Waals surface area contributed by atoms with Crippen molar-refractivity contribution in [2.45, 2.75) is 77.0 Å². The van der Waals surface area contributed by atoms with Gasteiger partial charge in [0, 0.05) is 13.1 Å². The lowest BCUT2D eigenvalue weighted by Gasteiger charge is -2.44. The summed E-state index contributed by atoms with van der Waals surface area (Å²) in [6, 6.07) is 7.37. The van der Waals surface area contributed by atoms with Gasteiger partial charge in [0.25, 0.3) is 5.91 Å². The second kappa shape index (κ2) is 11.9. The summed E-state index contributed by atoms with van der Waals surface area (Å²) in [5.41, 5.74) is -0.395. The number of unbranched alkanes of at least 4 members (excludes halogenated alkanes) is 3. The molecule has 2 aliphatic heterocycles. The number of para-hydroxylation sites is 2. The molecule has 2 heterocycles. The van der Waals surface area contributed by atoms with Gasteiger partial charge in [-0.05, 0) is 50.7 Å². The highest BCUT2D eigenvalue weighted by Crippen LogP contribution is 2.31. The van der Waals surface area contributed by atoms with E-state index in [2.05, 4.69) is 24.5 Å². The largest absolute Gasteiger partial charge is 0.485 e. The Balaban J connectivity index is 1.34. The fourth-order valence-electron chi connectivity index (χ4n) is 3.99. The van der Waals surface area contributed by atoms with Gasteiger partial charge in [0.1, 0.15) is 19.1 Å². The van der Waals surface area contributed by atoms with Crippen LogP contribution in [0.15, 0.2) is 24.3 Å². The van der Waals surface area contributed by atoms with Crippen LogP contribution in [-0.4, -0.2) is 55.0 Å². The van der Waals surface area contributed by atoms with E-state index in [1.807, 2.05) is 23.1 Å². The highest BCUT2D eigenvalue weighted by Gasteiger charge is 2.36. The van der Waals surface area contributed by atoms with Gasteiger partial charge in [0.15, 0.2) is 17.5 Å². The Morgan fingerprint density at radius 2 is 1.88 bits per heavy atom. The van der Waals surface area contributed by atoms with E-state index in [1.54, 1.807) is 6.07 Å². The van der Waals surface area contributed by atoms with Crippen molar-refractivity contribution in [3.8, 4) is 11.5 Å². The molecule has 8 nitrogen and oxygen atoms in total. The molecule has 0 radical (unpaired) electrons. The molecule has 0 spiro atoms. The second-order valence-corrected chi connectivity index (χ2v) is 8.57. The predicted molar refractivity (Wildman–Crippen MR) is 124 cm³/mol. The van der Waals surface area contributed by atoms with Crippen LogP contribution in [-0.2, 0) is 9.53 Å². The normalized spacial score (nSPS) is 19.4. The quantitative estimate of drug-likeness (QED) is 0.425. The number of benzene rings is 1. The van der Waals surface area contributed by atoms with Crippen molar-refractivity contribution in [1.29, 1.82) is 5.41 Å². The van der Waals surface area contributed by atoms with Gasteiger partial charge in [0.05, 0.1) is 0 Å². The zero-order valence-electron chi connectivity index (χ0n) is 19.5. The second-order valence-electron chi connectivity index (χ2n) is 8.57. The van der Waals surface area contributed by atoms with Crippen molar-refractivity contribution in [1.82, 2.24) is 15.5 Å². The standard InChI is InChI=1S/C24H38N4O4/c1-3-5-13-24(14-6-4-2)27-23(25)28(18-31-24)16-10-9-15-26-22(29)21-17-30-19-11-7-8-12-20(19)32-21/h7-8,11-12,21H,3-6,9-10,13-18H2,1-2H3,(H2,25,27)(H,26,29). The first kappa shape index (κ1) is 24.2. The molecule has 1 saturated heterocycles. The first-order chi connectivity index (χ1) is 15.6. The van der Waals surface area contributed by atoms with Crippen LogP contribution in [0.2, 0.25) is 0 Å². The number of nitrogens with zero attached hydrogens (tertiary/aromatic N) is 1. The maximum Gasteiger partial charge on any atom is 0.264 e. The number of carbonyl (C=O) groups is 1. The van der Waals surface area contributed by atoms with E-state index in [4.69, 9.17) is 19.6 Å². The van der Waals surface area contributed by atoms with E-state index in [0.29, 0.717) is 30.7 Å². The minimum atomic E-state index is -0.628. The molecule has 1 aromatic rings. The summed E-state index contributed by atoms with van der Waals surface area (Å²) < 4.78 is 17.6. The first-order valence-electron chi connectivity index (χ1n) is 12.0. The third-order valence-electron chi connectivity index (χ3n) is 5.98. The highest BCUT2D eigenvalue weighted by atomic mass is 16.6. The maximum atomic E-state index is 12.4. The topological polar surface area (TPSA) is 95.9 Å². The Morgan fingerprint density at radius 3 is 2.56 bits per heavy atom. The van der Waals surface area contributed by atoms with Crippen LogP contribution in [0.1, 0.15) is 65.2 Å². The van der Waals surface area contributed by atoms with Crippen molar-refractivity contribution in [2.24, 2.45) is 0 Å². The SMILES string of the molecule is CCCCC1(CCCC)NC(=N)N(CCCCNC(=O)C2COc3ccccc3O2)CO1. The summed E-state index contributed by atoms with van der Waals surface area (Å²) in [6.07, 6.45) is 7.32. The molecule has 178 valence electrons. The summed E-state index contributed by atoms with van der Waals surface area (Å²) in [7, 11) is 0. The molecule has 0 aliphatic carbocycles. The van der Waals surface area contributed by atoms with Gasteiger partial charge >= 0.3 is 0 Å². The van der Waals surface area contributed by atoms with Crippen molar-refractivity contribution in [2.75, 3.05) is 26.4 Å². The van der Waals surface area contributed by atoms with Gasteiger partial charge in [-0.15, -0.1) is 0 Å². The van der Waals surface area contributed by atoms with Crippen LogP contribution in [0.5, 0.6) is 11.5 Å². The minimum Gasteiger partial charge on any atom is -0.485 e. The van der Waals surface area contributed by atoms with E-state index < -0.39 is 11.8 Å². The zero-order valence-corrected chi connectivity index (χ0v) is 19.5. The van der Waals surface area contributed by atoms with Gasteiger partial charge in [-0.1, -0.05) is 38.8 Å². The molecule has 1 atom stereocenters. The van der Waals surface area contributed by atoms with E-state index in [9.17, 15) is 4.79 Å². The lowest BCUT2D eigenvalue weighted by atomic mass is 9.98. The van der Waals surface area contributed by atoms with E-state index in [-0.39, 0.29) is 12.5 Å². The first-order valence-corrected chi connectivity index (χ1v) is 12.0. The average Bonchev–Trinajstić information content (AvgIpc) is 2.82. The number of fused-ring (bicyclic) bond motifs is 1. The molecule has 1 fully saturated rings. The molecule has 0 saturated carbocycles. The van der Waals surface area contributed by atoms with Crippen LogP contribution in [0.3, 0.4) is 0 Å². The number of hydrogen-bond acceptors (Lipinski definition) is 5. The molecule has 8 heteroatoms. The Labute approximate surface area is 191 Å². The molecule has 0 aromatic heterocycles. The smallest absolute Gasteiger partial charge is 0.264 e. The average molecular weight is 447 g/mol. The lowest BCUT2D eigenvalue weighted by Crippen LogP contribution is -2.61. The summed E-state index contributed by atoms with van der Waals surface area (Å²) in [6.45, 7) is 6.30. The van der Waals surface area contributed by atoms with Gasteiger partial charge in [-0.2, -0.15) is 0 Å². The Bertz CT molecular complexity index is 749. The lowest BCUT2D eigenvalue weighted by molar-refractivity contribution is -0.130. The van der Waals surface area contributed by atoms with Crippen LogP contribution in [0, 0.1) is 5.41 Å². The summed E-state index contributed by atoms with van der Waals surface area (Å²) >= 11 is 0. The van der Waals surface area contributed by atoms with Crippen molar-refractivity contribution < 1.29 is 19.0 Å². The Hall–Kier alpha value is -2.48.